The normalized spacial score (nSPS) is 14.7. The van der Waals surface area contributed by atoms with Gasteiger partial charge in [-0.25, -0.2) is 9.97 Å². The molecule has 0 atom stereocenters. The average Bonchev–Trinajstić information content (AvgIpc) is 2.98. The van der Waals surface area contributed by atoms with Gasteiger partial charge in [-0.3, -0.25) is 4.79 Å². The first-order chi connectivity index (χ1) is 13.6. The first-order valence-corrected chi connectivity index (χ1v) is 10.0. The van der Waals surface area contributed by atoms with E-state index in [9.17, 15) is 4.79 Å². The fourth-order valence-corrected chi connectivity index (χ4v) is 3.66. The summed E-state index contributed by atoms with van der Waals surface area (Å²) in [6.07, 6.45) is 5.14. The van der Waals surface area contributed by atoms with E-state index in [1.807, 2.05) is 32.0 Å². The van der Waals surface area contributed by atoms with Crippen LogP contribution >= 0.6 is 0 Å². The number of carbonyl (C=O) groups excluding carboxylic acids is 1. The van der Waals surface area contributed by atoms with Crippen molar-refractivity contribution >= 4 is 28.3 Å². The summed E-state index contributed by atoms with van der Waals surface area (Å²) in [6, 6.07) is 13.6. The standard InChI is InChI=1S/C23H26N4O/c1-16-17(2)25-22-15-18(7-12-21(22)24-16)23(28)26-19-8-10-20(11-9-19)27-13-5-3-4-6-14-27/h7-12,15H,3-6,13-14H2,1-2H3,(H,26,28). The predicted octanol–water partition coefficient (Wildman–Crippen LogP) is 4.88. The van der Waals surface area contributed by atoms with E-state index in [2.05, 4.69) is 32.3 Å². The Morgan fingerprint density at radius 3 is 2.18 bits per heavy atom. The van der Waals surface area contributed by atoms with Crippen molar-refractivity contribution in [1.29, 1.82) is 0 Å². The molecule has 144 valence electrons. The molecule has 1 N–H and O–H groups in total. The molecule has 1 fully saturated rings. The molecule has 0 radical (unpaired) electrons. The molecule has 1 aliphatic rings. The van der Waals surface area contributed by atoms with Gasteiger partial charge >= 0.3 is 0 Å². The van der Waals surface area contributed by atoms with Crippen LogP contribution in [0.15, 0.2) is 42.5 Å². The largest absolute Gasteiger partial charge is 0.372 e. The molecule has 28 heavy (non-hydrogen) atoms. The number of carbonyl (C=O) groups is 1. The molecule has 1 aliphatic heterocycles. The number of aryl methyl sites for hydroxylation is 2. The molecule has 0 aliphatic carbocycles. The number of aromatic nitrogens is 2. The van der Waals surface area contributed by atoms with Crippen LogP contribution in [-0.4, -0.2) is 29.0 Å². The van der Waals surface area contributed by atoms with Gasteiger partial charge in [0, 0.05) is 30.0 Å². The number of nitrogens with one attached hydrogen (secondary N) is 1. The lowest BCUT2D eigenvalue weighted by atomic mass is 10.1. The third kappa shape index (κ3) is 3.98. The van der Waals surface area contributed by atoms with Crippen molar-refractivity contribution in [1.82, 2.24) is 9.97 Å². The zero-order chi connectivity index (χ0) is 19.5. The molecule has 5 heteroatoms. The van der Waals surface area contributed by atoms with E-state index in [4.69, 9.17) is 0 Å². The number of fused-ring (bicyclic) bond motifs is 1. The molecule has 2 aromatic carbocycles. The second-order valence-corrected chi connectivity index (χ2v) is 7.50. The van der Waals surface area contributed by atoms with Crippen LogP contribution in [0.5, 0.6) is 0 Å². The first-order valence-electron chi connectivity index (χ1n) is 10.0. The highest BCUT2D eigenvalue weighted by molar-refractivity contribution is 6.05. The maximum Gasteiger partial charge on any atom is 0.255 e. The van der Waals surface area contributed by atoms with Gasteiger partial charge < -0.3 is 10.2 Å². The Bertz CT molecular complexity index is 989. The molecule has 0 saturated carbocycles. The first kappa shape index (κ1) is 18.4. The van der Waals surface area contributed by atoms with Crippen molar-refractivity contribution in [3.63, 3.8) is 0 Å². The Hall–Kier alpha value is -2.95. The molecule has 0 unspecified atom stereocenters. The SMILES string of the molecule is Cc1nc2ccc(C(=O)Nc3ccc(N4CCCCCC4)cc3)cc2nc1C. The Balaban J connectivity index is 1.48. The van der Waals surface area contributed by atoms with Crippen LogP contribution in [0, 0.1) is 13.8 Å². The highest BCUT2D eigenvalue weighted by atomic mass is 16.1. The topological polar surface area (TPSA) is 58.1 Å². The minimum absolute atomic E-state index is 0.135. The summed E-state index contributed by atoms with van der Waals surface area (Å²) in [7, 11) is 0. The van der Waals surface area contributed by atoms with Gasteiger partial charge in [0.2, 0.25) is 0 Å². The molecule has 1 aromatic heterocycles. The van der Waals surface area contributed by atoms with Crippen molar-refractivity contribution < 1.29 is 4.79 Å². The third-order valence-corrected chi connectivity index (χ3v) is 5.43. The van der Waals surface area contributed by atoms with E-state index in [-0.39, 0.29) is 5.91 Å². The summed E-state index contributed by atoms with van der Waals surface area (Å²) in [5.74, 6) is -0.135. The molecule has 4 rings (SSSR count). The summed E-state index contributed by atoms with van der Waals surface area (Å²) in [4.78, 5) is 24.2. The second-order valence-electron chi connectivity index (χ2n) is 7.50. The quantitative estimate of drug-likeness (QED) is 0.710. The van der Waals surface area contributed by atoms with Gasteiger partial charge in [-0.05, 0) is 69.2 Å². The fraction of sp³-hybridized carbons (Fsp3) is 0.348. The molecule has 1 saturated heterocycles. The summed E-state index contributed by atoms with van der Waals surface area (Å²) < 4.78 is 0. The Morgan fingerprint density at radius 2 is 1.50 bits per heavy atom. The number of hydrogen-bond donors (Lipinski definition) is 1. The van der Waals surface area contributed by atoms with Gasteiger partial charge in [0.15, 0.2) is 0 Å². The minimum atomic E-state index is -0.135. The van der Waals surface area contributed by atoms with Crippen LogP contribution in [0.25, 0.3) is 11.0 Å². The zero-order valence-electron chi connectivity index (χ0n) is 16.5. The Labute approximate surface area is 165 Å². The van der Waals surface area contributed by atoms with Crippen LogP contribution < -0.4 is 10.2 Å². The van der Waals surface area contributed by atoms with Gasteiger partial charge in [0.25, 0.3) is 5.91 Å². The van der Waals surface area contributed by atoms with Gasteiger partial charge in [-0.2, -0.15) is 0 Å². The zero-order valence-corrected chi connectivity index (χ0v) is 16.5. The molecular weight excluding hydrogens is 348 g/mol. The molecule has 0 bridgehead atoms. The lowest BCUT2D eigenvalue weighted by Gasteiger charge is -2.22. The highest BCUT2D eigenvalue weighted by Gasteiger charge is 2.12. The van der Waals surface area contributed by atoms with Crippen LogP contribution in [-0.2, 0) is 0 Å². The maximum atomic E-state index is 12.7. The van der Waals surface area contributed by atoms with Crippen LogP contribution in [0.3, 0.4) is 0 Å². The lowest BCUT2D eigenvalue weighted by Crippen LogP contribution is -2.23. The molecule has 3 aromatic rings. The molecule has 0 spiro atoms. The van der Waals surface area contributed by atoms with Crippen molar-refractivity contribution in [3.05, 3.63) is 59.4 Å². The van der Waals surface area contributed by atoms with E-state index in [0.29, 0.717) is 5.56 Å². The van der Waals surface area contributed by atoms with Gasteiger partial charge in [0.05, 0.1) is 22.4 Å². The summed E-state index contributed by atoms with van der Waals surface area (Å²) in [5, 5.41) is 2.99. The Kier molecular flexibility index (Phi) is 5.24. The van der Waals surface area contributed by atoms with Crippen LogP contribution in [0.4, 0.5) is 11.4 Å². The van der Waals surface area contributed by atoms with Crippen LogP contribution in [0.1, 0.15) is 47.4 Å². The minimum Gasteiger partial charge on any atom is -0.372 e. The van der Waals surface area contributed by atoms with Crippen molar-refractivity contribution in [3.8, 4) is 0 Å². The van der Waals surface area contributed by atoms with E-state index < -0.39 is 0 Å². The van der Waals surface area contributed by atoms with E-state index in [1.165, 1.54) is 31.4 Å². The van der Waals surface area contributed by atoms with Crippen molar-refractivity contribution in [2.75, 3.05) is 23.3 Å². The number of nitrogens with zero attached hydrogens (tertiary/aromatic N) is 3. The fourth-order valence-electron chi connectivity index (χ4n) is 3.66. The summed E-state index contributed by atoms with van der Waals surface area (Å²) in [6.45, 7) is 6.10. The highest BCUT2D eigenvalue weighted by Crippen LogP contribution is 2.22. The summed E-state index contributed by atoms with van der Waals surface area (Å²) in [5.41, 5.74) is 5.96. The van der Waals surface area contributed by atoms with Crippen molar-refractivity contribution in [2.45, 2.75) is 39.5 Å². The maximum absolute atomic E-state index is 12.7. The second kappa shape index (κ2) is 7.97. The Morgan fingerprint density at radius 1 is 0.857 bits per heavy atom. The van der Waals surface area contributed by atoms with Gasteiger partial charge in [-0.15, -0.1) is 0 Å². The van der Waals surface area contributed by atoms with Gasteiger partial charge in [-0.1, -0.05) is 12.8 Å². The number of anilines is 2. The molecule has 1 amide bonds. The third-order valence-electron chi connectivity index (χ3n) is 5.43. The molecular formula is C23H26N4O. The number of rotatable bonds is 3. The molecule has 5 nitrogen and oxygen atoms in total. The number of hydrogen-bond acceptors (Lipinski definition) is 4. The van der Waals surface area contributed by atoms with E-state index in [0.717, 1.165) is 41.2 Å². The van der Waals surface area contributed by atoms with Crippen molar-refractivity contribution in [2.24, 2.45) is 0 Å². The number of benzene rings is 2. The smallest absolute Gasteiger partial charge is 0.255 e. The number of amides is 1. The average molecular weight is 374 g/mol. The summed E-state index contributed by atoms with van der Waals surface area (Å²) >= 11 is 0. The van der Waals surface area contributed by atoms with E-state index >= 15 is 0 Å². The van der Waals surface area contributed by atoms with Gasteiger partial charge in [0.1, 0.15) is 0 Å². The predicted molar refractivity (Wildman–Crippen MR) is 114 cm³/mol. The monoisotopic (exact) mass is 374 g/mol. The van der Waals surface area contributed by atoms with Crippen LogP contribution in [0.2, 0.25) is 0 Å². The van der Waals surface area contributed by atoms with E-state index in [1.54, 1.807) is 12.1 Å². The lowest BCUT2D eigenvalue weighted by molar-refractivity contribution is 0.102. The molecule has 2 heterocycles.